The Morgan fingerprint density at radius 1 is 1.20 bits per heavy atom. The molecule has 2 aromatic rings. The van der Waals surface area contributed by atoms with Gasteiger partial charge < -0.3 is 23.9 Å². The predicted molar refractivity (Wildman–Crippen MR) is 111 cm³/mol. The van der Waals surface area contributed by atoms with Crippen molar-refractivity contribution in [1.29, 1.82) is 0 Å². The Balaban J connectivity index is 2.05. The second-order valence-electron chi connectivity index (χ2n) is 7.16. The number of aryl methyl sites for hydroxylation is 1. The van der Waals surface area contributed by atoms with E-state index in [0.717, 1.165) is 6.42 Å². The predicted octanol–water partition coefficient (Wildman–Crippen LogP) is 3.84. The highest BCUT2D eigenvalue weighted by Crippen LogP contribution is 2.40. The minimum atomic E-state index is -0.796. The number of amides is 1. The van der Waals surface area contributed by atoms with E-state index in [-0.39, 0.29) is 11.3 Å². The van der Waals surface area contributed by atoms with Gasteiger partial charge in [-0.2, -0.15) is 0 Å². The zero-order valence-corrected chi connectivity index (χ0v) is 17.5. The van der Waals surface area contributed by atoms with Crippen molar-refractivity contribution in [3.63, 3.8) is 0 Å². The molecule has 0 bridgehead atoms. The van der Waals surface area contributed by atoms with Crippen molar-refractivity contribution in [1.82, 2.24) is 4.90 Å². The molecule has 1 aliphatic heterocycles. The third-order valence-electron chi connectivity index (χ3n) is 4.90. The van der Waals surface area contributed by atoms with Crippen LogP contribution < -0.4 is 4.74 Å². The molecule has 1 aromatic heterocycles. The first-order chi connectivity index (χ1) is 14.5. The monoisotopic (exact) mass is 413 g/mol. The fraction of sp³-hybridized carbons (Fsp3) is 0.391. The summed E-state index contributed by atoms with van der Waals surface area (Å²) in [6, 6.07) is 9.55. The average Bonchev–Trinajstić information content (AvgIpc) is 3.28. The number of aliphatic hydroxyl groups is 1. The van der Waals surface area contributed by atoms with Crippen LogP contribution in [0.2, 0.25) is 0 Å². The van der Waals surface area contributed by atoms with Crippen molar-refractivity contribution in [2.75, 3.05) is 26.9 Å². The first-order valence-electron chi connectivity index (χ1n) is 10.0. The number of carbonyl (C=O) groups is 2. The number of carbonyl (C=O) groups excluding carboxylic acids is 2. The molecule has 1 aromatic carbocycles. The molecular weight excluding hydrogens is 386 g/mol. The smallest absolute Gasteiger partial charge is 0.295 e. The van der Waals surface area contributed by atoms with Gasteiger partial charge in [-0.15, -0.1) is 0 Å². The molecule has 1 N–H and O–H groups in total. The molecule has 1 fully saturated rings. The number of rotatable bonds is 9. The van der Waals surface area contributed by atoms with Gasteiger partial charge >= 0.3 is 0 Å². The topological polar surface area (TPSA) is 89.2 Å². The van der Waals surface area contributed by atoms with Gasteiger partial charge in [-0.05, 0) is 44.0 Å². The molecule has 7 nitrogen and oxygen atoms in total. The van der Waals surface area contributed by atoms with Crippen LogP contribution in [0.1, 0.15) is 42.9 Å². The maximum Gasteiger partial charge on any atom is 0.295 e. The summed E-state index contributed by atoms with van der Waals surface area (Å²) in [4.78, 5) is 27.1. The molecule has 1 aliphatic rings. The lowest BCUT2D eigenvalue weighted by Crippen LogP contribution is -2.31. The van der Waals surface area contributed by atoms with E-state index < -0.39 is 17.7 Å². The van der Waals surface area contributed by atoms with Crippen LogP contribution in [-0.4, -0.2) is 48.6 Å². The molecule has 2 heterocycles. The first-order valence-corrected chi connectivity index (χ1v) is 10.0. The lowest BCUT2D eigenvalue weighted by molar-refractivity contribution is -0.140. The summed E-state index contributed by atoms with van der Waals surface area (Å²) >= 11 is 0. The van der Waals surface area contributed by atoms with Gasteiger partial charge in [0.25, 0.3) is 11.7 Å². The molecule has 160 valence electrons. The Kier molecular flexibility index (Phi) is 6.95. The van der Waals surface area contributed by atoms with Crippen molar-refractivity contribution < 1.29 is 28.6 Å². The van der Waals surface area contributed by atoms with Crippen molar-refractivity contribution >= 4 is 17.4 Å². The molecule has 1 amide bonds. The maximum atomic E-state index is 12.9. The molecule has 1 unspecified atom stereocenters. The van der Waals surface area contributed by atoms with Gasteiger partial charge in [0.15, 0.2) is 0 Å². The molecule has 3 rings (SSSR count). The van der Waals surface area contributed by atoms with Gasteiger partial charge in [0.1, 0.15) is 29.1 Å². The van der Waals surface area contributed by atoms with Crippen molar-refractivity contribution in [3.8, 4) is 5.75 Å². The van der Waals surface area contributed by atoms with Crippen molar-refractivity contribution in [2.24, 2.45) is 0 Å². The molecule has 1 saturated heterocycles. The minimum absolute atomic E-state index is 0.0133. The van der Waals surface area contributed by atoms with Crippen LogP contribution in [0.4, 0.5) is 0 Å². The van der Waals surface area contributed by atoms with E-state index in [1.807, 2.05) is 6.92 Å². The number of nitrogens with zero attached hydrogens (tertiary/aromatic N) is 1. The summed E-state index contributed by atoms with van der Waals surface area (Å²) in [5, 5.41) is 11.0. The Hall–Kier alpha value is -3.06. The van der Waals surface area contributed by atoms with Crippen molar-refractivity contribution in [3.05, 3.63) is 59.1 Å². The molecule has 0 saturated carbocycles. The zero-order chi connectivity index (χ0) is 21.7. The highest BCUT2D eigenvalue weighted by Gasteiger charge is 2.47. The Labute approximate surface area is 175 Å². The third kappa shape index (κ3) is 4.41. The van der Waals surface area contributed by atoms with E-state index in [1.165, 1.54) is 4.90 Å². The largest absolute Gasteiger partial charge is 0.507 e. The van der Waals surface area contributed by atoms with Gasteiger partial charge in [0, 0.05) is 25.8 Å². The molecule has 30 heavy (non-hydrogen) atoms. The van der Waals surface area contributed by atoms with Crippen LogP contribution in [0, 0.1) is 6.92 Å². The number of benzene rings is 1. The van der Waals surface area contributed by atoms with Crippen molar-refractivity contribution in [2.45, 2.75) is 32.7 Å². The Bertz CT molecular complexity index is 945. The lowest BCUT2D eigenvalue weighted by Gasteiger charge is -2.23. The summed E-state index contributed by atoms with van der Waals surface area (Å²) in [5.41, 5.74) is 0.422. The summed E-state index contributed by atoms with van der Waals surface area (Å²) in [6.45, 7) is 5.08. The number of ketones is 1. The summed E-state index contributed by atoms with van der Waals surface area (Å²) < 4.78 is 16.5. The standard InChI is InChI=1S/C23H27NO6/c1-4-12-29-17-8-5-7-16(14-17)21(25)19-20(18-10-9-15(2)30-18)24(11-6-13-28-3)23(27)22(19)26/h5,7-10,14,20,25H,4,6,11-13H2,1-3H3/b21-19-. The van der Waals surface area contributed by atoms with E-state index >= 15 is 0 Å². The highest BCUT2D eigenvalue weighted by atomic mass is 16.5. The average molecular weight is 413 g/mol. The summed E-state index contributed by atoms with van der Waals surface area (Å²) in [7, 11) is 1.58. The van der Waals surface area contributed by atoms with E-state index in [4.69, 9.17) is 13.9 Å². The van der Waals surface area contributed by atoms with Gasteiger partial charge in [-0.1, -0.05) is 19.1 Å². The summed E-state index contributed by atoms with van der Waals surface area (Å²) in [6.07, 6.45) is 1.40. The maximum absolute atomic E-state index is 12.9. The first kappa shape index (κ1) is 21.6. The van der Waals surface area contributed by atoms with Crippen LogP contribution >= 0.6 is 0 Å². The SMILES string of the molecule is CCCOc1cccc(/C(O)=C2/C(=O)C(=O)N(CCCOC)C2c2ccc(C)o2)c1. The van der Waals surface area contributed by atoms with E-state index in [1.54, 1.807) is 50.4 Å². The quantitative estimate of drug-likeness (QED) is 0.291. The highest BCUT2D eigenvalue weighted by molar-refractivity contribution is 6.46. The van der Waals surface area contributed by atoms with E-state index in [0.29, 0.717) is 49.0 Å². The molecular formula is C23H27NO6. The number of hydrogen-bond donors (Lipinski definition) is 1. The van der Waals surface area contributed by atoms with Gasteiger partial charge in [0.2, 0.25) is 0 Å². The molecule has 1 atom stereocenters. The zero-order valence-electron chi connectivity index (χ0n) is 17.5. The third-order valence-corrected chi connectivity index (χ3v) is 4.90. The van der Waals surface area contributed by atoms with Crippen LogP contribution in [0.5, 0.6) is 5.75 Å². The normalized spacial score (nSPS) is 18.2. The van der Waals surface area contributed by atoms with Gasteiger partial charge in [-0.3, -0.25) is 9.59 Å². The summed E-state index contributed by atoms with van der Waals surface area (Å²) in [5.74, 6) is 0.0321. The number of methoxy groups -OCH3 is 1. The van der Waals surface area contributed by atoms with E-state index in [2.05, 4.69) is 0 Å². The van der Waals surface area contributed by atoms with Crippen LogP contribution in [-0.2, 0) is 14.3 Å². The second-order valence-corrected chi connectivity index (χ2v) is 7.16. The Morgan fingerprint density at radius 2 is 2.00 bits per heavy atom. The number of ether oxygens (including phenoxy) is 2. The van der Waals surface area contributed by atoms with Crippen LogP contribution in [0.25, 0.3) is 5.76 Å². The molecule has 0 aliphatic carbocycles. The number of furan rings is 1. The van der Waals surface area contributed by atoms with Crippen LogP contribution in [0.3, 0.4) is 0 Å². The number of likely N-dealkylation sites (tertiary alicyclic amines) is 1. The minimum Gasteiger partial charge on any atom is -0.507 e. The number of aliphatic hydroxyl groups excluding tert-OH is 1. The Morgan fingerprint density at radius 3 is 2.67 bits per heavy atom. The number of Topliss-reactive ketones (excluding diaryl/α,β-unsaturated/α-hetero) is 1. The van der Waals surface area contributed by atoms with E-state index in [9.17, 15) is 14.7 Å². The van der Waals surface area contributed by atoms with Gasteiger partial charge in [-0.25, -0.2) is 0 Å². The fourth-order valence-electron chi connectivity index (χ4n) is 3.49. The lowest BCUT2D eigenvalue weighted by atomic mass is 9.99. The number of hydrogen-bond acceptors (Lipinski definition) is 6. The molecule has 0 spiro atoms. The molecule has 7 heteroatoms. The second kappa shape index (κ2) is 9.63. The van der Waals surface area contributed by atoms with Gasteiger partial charge in [0.05, 0.1) is 12.2 Å². The van der Waals surface area contributed by atoms with Crippen LogP contribution in [0.15, 0.2) is 46.4 Å². The molecule has 0 radical (unpaired) electrons. The fourth-order valence-corrected chi connectivity index (χ4v) is 3.49.